The Labute approximate surface area is 49.8 Å². The highest BCUT2D eigenvalue weighted by molar-refractivity contribution is 4.64. The summed E-state index contributed by atoms with van der Waals surface area (Å²) in [5.41, 5.74) is 0. The minimum absolute atomic E-state index is 0.703. The quantitative estimate of drug-likeness (QED) is 0.413. The van der Waals surface area contributed by atoms with Crippen LogP contribution in [0, 0.1) is 5.92 Å². The first kappa shape index (κ1) is 6.01. The van der Waals surface area contributed by atoms with E-state index in [-0.39, 0.29) is 0 Å². The Hall–Kier alpha value is -0.120. The van der Waals surface area contributed by atoms with E-state index >= 15 is 0 Å². The number of hydrogen-bond acceptors (Lipinski definition) is 3. The molecule has 1 aliphatic heterocycles. The summed E-state index contributed by atoms with van der Waals surface area (Å²) < 4.78 is 0. The molecule has 8 heavy (non-hydrogen) atoms. The van der Waals surface area contributed by atoms with Crippen LogP contribution in [-0.2, 0) is 0 Å². The van der Waals surface area contributed by atoms with E-state index in [4.69, 9.17) is 5.84 Å². The second-order valence-corrected chi connectivity index (χ2v) is 2.49. The van der Waals surface area contributed by atoms with Gasteiger partial charge in [0, 0.05) is 13.1 Å². The third-order valence-corrected chi connectivity index (χ3v) is 1.35. The Morgan fingerprint density at radius 2 is 2.50 bits per heavy atom. The van der Waals surface area contributed by atoms with Gasteiger partial charge in [-0.25, -0.2) is 5.01 Å². The van der Waals surface area contributed by atoms with Crippen LogP contribution in [0.1, 0.15) is 6.92 Å². The lowest BCUT2D eigenvalue weighted by atomic mass is 10.1. The molecule has 1 fully saturated rings. The Kier molecular flexibility index (Phi) is 1.83. The average Bonchev–Trinajstić information content (AvgIpc) is 1.64. The van der Waals surface area contributed by atoms with E-state index in [1.807, 2.05) is 0 Å². The van der Waals surface area contributed by atoms with Crippen LogP contribution in [-0.4, -0.2) is 24.8 Å². The number of rotatable bonds is 0. The van der Waals surface area contributed by atoms with Gasteiger partial charge in [-0.15, -0.1) is 0 Å². The fourth-order valence-electron chi connectivity index (χ4n) is 0.984. The van der Waals surface area contributed by atoms with Gasteiger partial charge in [-0.05, 0) is 5.92 Å². The second-order valence-electron chi connectivity index (χ2n) is 2.49. The van der Waals surface area contributed by atoms with Crippen molar-refractivity contribution in [3.63, 3.8) is 0 Å². The van der Waals surface area contributed by atoms with E-state index in [9.17, 15) is 0 Å². The van der Waals surface area contributed by atoms with Gasteiger partial charge in [-0.2, -0.15) is 0 Å². The first-order chi connectivity index (χ1) is 3.79. The van der Waals surface area contributed by atoms with Crippen molar-refractivity contribution in [3.8, 4) is 0 Å². The Morgan fingerprint density at radius 1 is 1.75 bits per heavy atom. The maximum atomic E-state index is 5.50. The van der Waals surface area contributed by atoms with E-state index < -0.39 is 0 Å². The Balaban J connectivity index is 2.23. The van der Waals surface area contributed by atoms with E-state index in [1.54, 1.807) is 5.01 Å². The van der Waals surface area contributed by atoms with Crippen molar-refractivity contribution in [2.24, 2.45) is 11.8 Å². The summed E-state index contributed by atoms with van der Waals surface area (Å²) in [6, 6.07) is 0. The molecule has 1 atom stereocenters. The van der Waals surface area contributed by atoms with E-state index in [1.165, 1.54) is 0 Å². The highest BCUT2D eigenvalue weighted by Crippen LogP contribution is 1.97. The van der Waals surface area contributed by atoms with Gasteiger partial charge in [0.25, 0.3) is 0 Å². The summed E-state index contributed by atoms with van der Waals surface area (Å²) in [6.45, 7) is 5.15. The summed E-state index contributed by atoms with van der Waals surface area (Å²) in [5.74, 6) is 6.20. The molecule has 48 valence electrons. The van der Waals surface area contributed by atoms with Gasteiger partial charge in [0.15, 0.2) is 0 Å². The molecular formula is C5H13N3. The highest BCUT2D eigenvalue weighted by Gasteiger charge is 2.10. The monoisotopic (exact) mass is 115 g/mol. The van der Waals surface area contributed by atoms with Gasteiger partial charge in [0.2, 0.25) is 0 Å². The number of nitrogens with two attached hydrogens (primary N) is 1. The molecule has 0 amide bonds. The average molecular weight is 115 g/mol. The van der Waals surface area contributed by atoms with Crippen LogP contribution in [0.25, 0.3) is 0 Å². The smallest absolute Gasteiger partial charge is 0.0618 e. The van der Waals surface area contributed by atoms with Gasteiger partial charge in [-0.3, -0.25) is 5.84 Å². The molecular weight excluding hydrogens is 102 g/mol. The number of hydrazine groups is 1. The SMILES string of the molecule is CC1CNCN(N)C1. The lowest BCUT2D eigenvalue weighted by Crippen LogP contribution is -2.49. The largest absolute Gasteiger partial charge is 0.303 e. The standard InChI is InChI=1S/C5H13N3/c1-5-2-7-4-8(6)3-5/h5,7H,2-4,6H2,1H3. The first-order valence-electron chi connectivity index (χ1n) is 2.99. The molecule has 0 aliphatic carbocycles. The van der Waals surface area contributed by atoms with E-state index in [0.29, 0.717) is 5.92 Å². The van der Waals surface area contributed by atoms with E-state index in [0.717, 1.165) is 19.8 Å². The molecule has 1 aliphatic rings. The molecule has 0 aromatic heterocycles. The van der Waals surface area contributed by atoms with Crippen LogP contribution in [0.3, 0.4) is 0 Å². The first-order valence-corrected chi connectivity index (χ1v) is 2.99. The molecule has 0 spiro atoms. The normalized spacial score (nSPS) is 33.0. The lowest BCUT2D eigenvalue weighted by Gasteiger charge is -2.27. The van der Waals surface area contributed by atoms with Crippen LogP contribution >= 0.6 is 0 Å². The van der Waals surface area contributed by atoms with Crippen molar-refractivity contribution in [1.82, 2.24) is 10.3 Å². The van der Waals surface area contributed by atoms with Crippen molar-refractivity contribution in [3.05, 3.63) is 0 Å². The van der Waals surface area contributed by atoms with Crippen molar-refractivity contribution in [2.75, 3.05) is 19.8 Å². The maximum absolute atomic E-state index is 5.50. The number of nitrogens with one attached hydrogen (secondary N) is 1. The van der Waals surface area contributed by atoms with Gasteiger partial charge in [-0.1, -0.05) is 6.92 Å². The minimum Gasteiger partial charge on any atom is -0.303 e. The second kappa shape index (κ2) is 2.44. The third-order valence-electron chi connectivity index (χ3n) is 1.35. The number of nitrogens with zero attached hydrogens (tertiary/aromatic N) is 1. The third kappa shape index (κ3) is 1.43. The molecule has 3 N–H and O–H groups in total. The Morgan fingerprint density at radius 3 is 2.88 bits per heavy atom. The summed E-state index contributed by atoms with van der Waals surface area (Å²) in [5, 5.41) is 4.98. The molecule has 0 aromatic carbocycles. The highest BCUT2D eigenvalue weighted by atomic mass is 15.4. The topological polar surface area (TPSA) is 41.3 Å². The lowest BCUT2D eigenvalue weighted by molar-refractivity contribution is 0.178. The molecule has 0 radical (unpaired) electrons. The summed E-state index contributed by atoms with van der Waals surface area (Å²) in [7, 11) is 0. The molecule has 1 saturated heterocycles. The summed E-state index contributed by atoms with van der Waals surface area (Å²) in [6.07, 6.45) is 0. The summed E-state index contributed by atoms with van der Waals surface area (Å²) >= 11 is 0. The Bertz CT molecular complexity index is 66.1. The zero-order valence-corrected chi connectivity index (χ0v) is 5.22. The van der Waals surface area contributed by atoms with Crippen molar-refractivity contribution in [2.45, 2.75) is 6.92 Å². The number of hydrogen-bond donors (Lipinski definition) is 2. The van der Waals surface area contributed by atoms with Crippen LogP contribution in [0.15, 0.2) is 0 Å². The maximum Gasteiger partial charge on any atom is 0.0618 e. The molecule has 3 nitrogen and oxygen atoms in total. The molecule has 1 heterocycles. The van der Waals surface area contributed by atoms with Crippen molar-refractivity contribution in [1.29, 1.82) is 0 Å². The van der Waals surface area contributed by atoms with E-state index in [2.05, 4.69) is 12.2 Å². The van der Waals surface area contributed by atoms with Crippen LogP contribution in [0.4, 0.5) is 0 Å². The van der Waals surface area contributed by atoms with Crippen LogP contribution in [0.5, 0.6) is 0 Å². The molecule has 0 bridgehead atoms. The summed E-state index contributed by atoms with van der Waals surface area (Å²) in [4.78, 5) is 0. The van der Waals surface area contributed by atoms with Crippen molar-refractivity contribution >= 4 is 0 Å². The molecule has 1 unspecified atom stereocenters. The minimum atomic E-state index is 0.703. The molecule has 0 aromatic rings. The molecule has 3 heteroatoms. The van der Waals surface area contributed by atoms with Gasteiger partial charge >= 0.3 is 0 Å². The van der Waals surface area contributed by atoms with Crippen LogP contribution in [0.2, 0.25) is 0 Å². The zero-order chi connectivity index (χ0) is 5.98. The molecule has 1 rings (SSSR count). The fourth-order valence-corrected chi connectivity index (χ4v) is 0.984. The predicted molar refractivity (Wildman–Crippen MR) is 32.9 cm³/mol. The predicted octanol–water partition coefficient (Wildman–Crippen LogP) is -0.641. The van der Waals surface area contributed by atoms with Crippen molar-refractivity contribution < 1.29 is 0 Å². The fraction of sp³-hybridized carbons (Fsp3) is 1.00. The van der Waals surface area contributed by atoms with Gasteiger partial charge < -0.3 is 5.32 Å². The molecule has 0 saturated carbocycles. The van der Waals surface area contributed by atoms with Crippen LogP contribution < -0.4 is 11.2 Å². The van der Waals surface area contributed by atoms with Gasteiger partial charge in [0.1, 0.15) is 0 Å². The van der Waals surface area contributed by atoms with Gasteiger partial charge in [0.05, 0.1) is 6.67 Å². The zero-order valence-electron chi connectivity index (χ0n) is 5.22.